The number of hydrogen-bond donors (Lipinski definition) is 2. The highest BCUT2D eigenvalue weighted by molar-refractivity contribution is 7.90. The lowest BCUT2D eigenvalue weighted by Crippen LogP contribution is -2.43. The Hall–Kier alpha value is -0.130. The Bertz CT molecular complexity index is 326. The first-order chi connectivity index (χ1) is 8.49. The third-order valence-corrected chi connectivity index (χ3v) is 5.41. The van der Waals surface area contributed by atoms with Gasteiger partial charge in [-0.05, 0) is 38.6 Å². The minimum Gasteiger partial charge on any atom is -0.315 e. The summed E-state index contributed by atoms with van der Waals surface area (Å²) in [6, 6.07) is 0.121. The second-order valence-corrected chi connectivity index (χ2v) is 7.59. The molecule has 0 aliphatic heterocycles. The van der Waals surface area contributed by atoms with E-state index in [0.717, 1.165) is 31.7 Å². The van der Waals surface area contributed by atoms with Crippen LogP contribution in [0.4, 0.5) is 0 Å². The molecular formula is C13H28N2O2S. The second kappa shape index (κ2) is 7.46. The van der Waals surface area contributed by atoms with Crippen molar-refractivity contribution in [2.45, 2.75) is 64.2 Å². The molecule has 2 unspecified atom stereocenters. The molecule has 0 aromatic rings. The van der Waals surface area contributed by atoms with Crippen LogP contribution < -0.4 is 10.0 Å². The molecule has 0 spiro atoms. The normalized spacial score (nSPS) is 19.7. The van der Waals surface area contributed by atoms with Crippen LogP contribution in [0.5, 0.6) is 0 Å². The van der Waals surface area contributed by atoms with Crippen molar-refractivity contribution in [1.82, 2.24) is 10.0 Å². The zero-order chi connectivity index (χ0) is 13.6. The Morgan fingerprint density at radius 3 is 2.44 bits per heavy atom. The van der Waals surface area contributed by atoms with Crippen LogP contribution in [0.15, 0.2) is 0 Å². The maximum absolute atomic E-state index is 12.1. The van der Waals surface area contributed by atoms with Gasteiger partial charge in [0.25, 0.3) is 0 Å². The van der Waals surface area contributed by atoms with Gasteiger partial charge in [-0.1, -0.05) is 26.7 Å². The van der Waals surface area contributed by atoms with Crippen LogP contribution in [0.25, 0.3) is 0 Å². The molecule has 0 radical (unpaired) electrons. The van der Waals surface area contributed by atoms with Crippen molar-refractivity contribution in [1.29, 1.82) is 0 Å². The van der Waals surface area contributed by atoms with Crippen LogP contribution in [-0.2, 0) is 10.0 Å². The van der Waals surface area contributed by atoms with E-state index in [1.807, 2.05) is 0 Å². The Morgan fingerprint density at radius 1 is 1.28 bits per heavy atom. The average Bonchev–Trinajstić information content (AvgIpc) is 3.12. The first-order valence-corrected chi connectivity index (χ1v) is 8.76. The molecule has 0 aromatic heterocycles. The molecular weight excluding hydrogens is 248 g/mol. The summed E-state index contributed by atoms with van der Waals surface area (Å²) in [5.41, 5.74) is 0. The third kappa shape index (κ3) is 5.67. The van der Waals surface area contributed by atoms with E-state index in [1.54, 1.807) is 6.92 Å². The fourth-order valence-electron chi connectivity index (χ4n) is 1.99. The van der Waals surface area contributed by atoms with Crippen molar-refractivity contribution in [2.24, 2.45) is 5.92 Å². The monoisotopic (exact) mass is 276 g/mol. The predicted molar refractivity (Wildman–Crippen MR) is 76.1 cm³/mol. The summed E-state index contributed by atoms with van der Waals surface area (Å²) >= 11 is 0. The topological polar surface area (TPSA) is 58.2 Å². The Morgan fingerprint density at radius 2 is 1.94 bits per heavy atom. The average molecular weight is 276 g/mol. The van der Waals surface area contributed by atoms with E-state index in [4.69, 9.17) is 0 Å². The van der Waals surface area contributed by atoms with Crippen molar-refractivity contribution >= 4 is 10.0 Å². The fraction of sp³-hybridized carbons (Fsp3) is 1.00. The standard InChI is InChI=1S/C13H28N2O2S/c1-4-8-14-10-11(3)18(16,17)15-13(5-2)9-12-6-7-12/h11-15H,4-10H2,1-3H3. The zero-order valence-corrected chi connectivity index (χ0v) is 12.7. The summed E-state index contributed by atoms with van der Waals surface area (Å²) in [7, 11) is -3.18. The molecule has 1 rings (SSSR count). The van der Waals surface area contributed by atoms with Crippen molar-refractivity contribution in [2.75, 3.05) is 13.1 Å². The van der Waals surface area contributed by atoms with Crippen LogP contribution in [-0.4, -0.2) is 32.8 Å². The molecule has 18 heavy (non-hydrogen) atoms. The molecule has 1 fully saturated rings. The fourth-order valence-corrected chi connectivity index (χ4v) is 3.29. The summed E-state index contributed by atoms with van der Waals surface area (Å²) in [6.07, 6.45) is 5.45. The van der Waals surface area contributed by atoms with Gasteiger partial charge in [0, 0.05) is 12.6 Å². The Balaban J connectivity index is 2.39. The van der Waals surface area contributed by atoms with Gasteiger partial charge in [-0.15, -0.1) is 0 Å². The number of hydrogen-bond acceptors (Lipinski definition) is 3. The summed E-state index contributed by atoms with van der Waals surface area (Å²) in [4.78, 5) is 0. The molecule has 0 heterocycles. The molecule has 5 heteroatoms. The molecule has 4 nitrogen and oxygen atoms in total. The maximum Gasteiger partial charge on any atom is 0.215 e. The quantitative estimate of drug-likeness (QED) is 0.599. The van der Waals surface area contributed by atoms with E-state index in [9.17, 15) is 8.42 Å². The molecule has 0 aromatic carbocycles. The van der Waals surface area contributed by atoms with E-state index < -0.39 is 10.0 Å². The lowest BCUT2D eigenvalue weighted by molar-refractivity contribution is 0.487. The molecule has 1 aliphatic rings. The summed E-state index contributed by atoms with van der Waals surface area (Å²) in [5, 5.41) is 2.80. The van der Waals surface area contributed by atoms with Gasteiger partial charge in [0.15, 0.2) is 0 Å². The van der Waals surface area contributed by atoms with Gasteiger partial charge < -0.3 is 5.32 Å². The third-order valence-electron chi connectivity index (χ3n) is 3.53. The van der Waals surface area contributed by atoms with Gasteiger partial charge in [0.05, 0.1) is 5.25 Å². The van der Waals surface area contributed by atoms with E-state index >= 15 is 0 Å². The number of nitrogens with one attached hydrogen (secondary N) is 2. The van der Waals surface area contributed by atoms with Crippen LogP contribution in [0.3, 0.4) is 0 Å². The second-order valence-electron chi connectivity index (χ2n) is 5.46. The van der Waals surface area contributed by atoms with Crippen molar-refractivity contribution in [3.63, 3.8) is 0 Å². The first-order valence-electron chi connectivity index (χ1n) is 7.21. The Kier molecular flexibility index (Phi) is 6.60. The van der Waals surface area contributed by atoms with Gasteiger partial charge in [0.2, 0.25) is 10.0 Å². The van der Waals surface area contributed by atoms with Gasteiger partial charge in [-0.25, -0.2) is 13.1 Å². The van der Waals surface area contributed by atoms with Crippen molar-refractivity contribution < 1.29 is 8.42 Å². The van der Waals surface area contributed by atoms with Crippen LogP contribution in [0.1, 0.15) is 52.9 Å². The van der Waals surface area contributed by atoms with Gasteiger partial charge in [-0.3, -0.25) is 0 Å². The molecule has 0 bridgehead atoms. The summed E-state index contributed by atoms with van der Waals surface area (Å²) < 4.78 is 27.2. The van der Waals surface area contributed by atoms with Crippen LogP contribution in [0.2, 0.25) is 0 Å². The van der Waals surface area contributed by atoms with Crippen LogP contribution in [0, 0.1) is 5.92 Å². The lowest BCUT2D eigenvalue weighted by atomic mass is 10.1. The van der Waals surface area contributed by atoms with E-state index in [1.165, 1.54) is 12.8 Å². The molecule has 1 aliphatic carbocycles. The summed E-state index contributed by atoms with van der Waals surface area (Å²) in [6.45, 7) is 7.31. The van der Waals surface area contributed by atoms with Crippen LogP contribution >= 0.6 is 0 Å². The summed E-state index contributed by atoms with van der Waals surface area (Å²) in [5.74, 6) is 0.756. The highest BCUT2D eigenvalue weighted by atomic mass is 32.2. The number of rotatable bonds is 10. The highest BCUT2D eigenvalue weighted by Crippen LogP contribution is 2.34. The van der Waals surface area contributed by atoms with E-state index in [0.29, 0.717) is 6.54 Å². The lowest BCUT2D eigenvalue weighted by Gasteiger charge is -2.20. The molecule has 0 saturated heterocycles. The van der Waals surface area contributed by atoms with Crippen molar-refractivity contribution in [3.8, 4) is 0 Å². The largest absolute Gasteiger partial charge is 0.315 e. The van der Waals surface area contributed by atoms with Gasteiger partial charge in [-0.2, -0.15) is 0 Å². The first kappa shape index (κ1) is 15.9. The smallest absolute Gasteiger partial charge is 0.215 e. The van der Waals surface area contributed by atoms with E-state index in [2.05, 4.69) is 23.9 Å². The maximum atomic E-state index is 12.1. The Labute approximate surface area is 112 Å². The van der Waals surface area contributed by atoms with Crippen molar-refractivity contribution in [3.05, 3.63) is 0 Å². The number of sulfonamides is 1. The zero-order valence-electron chi connectivity index (χ0n) is 11.9. The molecule has 2 N–H and O–H groups in total. The SMILES string of the molecule is CCCNCC(C)S(=O)(=O)NC(CC)CC1CC1. The minimum absolute atomic E-state index is 0.121. The highest BCUT2D eigenvalue weighted by Gasteiger charge is 2.28. The molecule has 108 valence electrons. The molecule has 1 saturated carbocycles. The molecule has 0 amide bonds. The predicted octanol–water partition coefficient (Wildman–Crippen LogP) is 1.87. The van der Waals surface area contributed by atoms with E-state index in [-0.39, 0.29) is 11.3 Å². The minimum atomic E-state index is -3.18. The molecule has 2 atom stereocenters. The van der Waals surface area contributed by atoms with Gasteiger partial charge >= 0.3 is 0 Å². The van der Waals surface area contributed by atoms with Gasteiger partial charge in [0.1, 0.15) is 0 Å².